The summed E-state index contributed by atoms with van der Waals surface area (Å²) in [6, 6.07) is 4.67. The van der Waals surface area contributed by atoms with Crippen molar-refractivity contribution < 1.29 is 0 Å². The van der Waals surface area contributed by atoms with Gasteiger partial charge in [0.05, 0.1) is 6.54 Å². The van der Waals surface area contributed by atoms with Gasteiger partial charge in [-0.15, -0.1) is 11.3 Å². The van der Waals surface area contributed by atoms with Crippen LogP contribution in [0.1, 0.15) is 38.1 Å². The molecular weight excluding hydrogens is 280 g/mol. The van der Waals surface area contributed by atoms with E-state index in [1.807, 2.05) is 0 Å². The van der Waals surface area contributed by atoms with Crippen molar-refractivity contribution in [3.8, 4) is 0 Å². The predicted molar refractivity (Wildman–Crippen MR) is 91.2 cm³/mol. The summed E-state index contributed by atoms with van der Waals surface area (Å²) >= 11 is 1.79. The third kappa shape index (κ3) is 3.73. The van der Waals surface area contributed by atoms with Crippen molar-refractivity contribution in [1.29, 1.82) is 0 Å². The highest BCUT2D eigenvalue weighted by Gasteiger charge is 2.19. The summed E-state index contributed by atoms with van der Waals surface area (Å²) in [7, 11) is 0. The molecule has 0 bridgehead atoms. The van der Waals surface area contributed by atoms with Crippen LogP contribution in [0.5, 0.6) is 0 Å². The number of hydrogen-bond donors (Lipinski definition) is 1. The van der Waals surface area contributed by atoms with Gasteiger partial charge < -0.3 is 10.2 Å². The number of nitrogens with one attached hydrogen (secondary N) is 1. The van der Waals surface area contributed by atoms with E-state index in [9.17, 15) is 0 Å². The van der Waals surface area contributed by atoms with Crippen molar-refractivity contribution in [3.05, 3.63) is 34.3 Å². The molecule has 0 spiro atoms. The molecule has 2 aromatic heterocycles. The van der Waals surface area contributed by atoms with Gasteiger partial charge in [-0.25, -0.2) is 9.97 Å². The fourth-order valence-corrected chi connectivity index (χ4v) is 3.07. The minimum Gasteiger partial charge on any atom is -0.370 e. The number of thiophene rings is 1. The summed E-state index contributed by atoms with van der Waals surface area (Å²) in [5.74, 6) is 2.01. The first kappa shape index (κ1) is 15.8. The molecule has 2 heterocycles. The summed E-state index contributed by atoms with van der Waals surface area (Å²) in [6.45, 7) is 10.4. The molecule has 2 rings (SSSR count). The van der Waals surface area contributed by atoms with Crippen LogP contribution in [0.2, 0.25) is 0 Å². The quantitative estimate of drug-likeness (QED) is 0.841. The van der Waals surface area contributed by atoms with Gasteiger partial charge in [-0.1, -0.05) is 13.0 Å². The van der Waals surface area contributed by atoms with Crippen molar-refractivity contribution in [3.63, 3.8) is 0 Å². The van der Waals surface area contributed by atoms with Crippen molar-refractivity contribution >= 4 is 23.0 Å². The maximum atomic E-state index is 4.57. The Hall–Kier alpha value is -1.62. The molecule has 0 aromatic carbocycles. The van der Waals surface area contributed by atoms with Crippen molar-refractivity contribution in [2.75, 3.05) is 16.8 Å². The van der Waals surface area contributed by atoms with Gasteiger partial charge in [-0.05, 0) is 38.6 Å². The highest BCUT2D eigenvalue weighted by atomic mass is 32.1. The Morgan fingerprint density at radius 1 is 1.29 bits per heavy atom. The molecule has 1 N–H and O–H groups in total. The Morgan fingerprint density at radius 3 is 2.67 bits per heavy atom. The average molecular weight is 304 g/mol. The maximum Gasteiger partial charge on any atom is 0.137 e. The lowest BCUT2D eigenvalue weighted by Gasteiger charge is -2.29. The van der Waals surface area contributed by atoms with E-state index in [2.05, 4.69) is 65.4 Å². The molecule has 5 heteroatoms. The predicted octanol–water partition coefficient (Wildman–Crippen LogP) is 3.95. The van der Waals surface area contributed by atoms with Gasteiger partial charge in [0, 0.05) is 23.0 Å². The molecule has 0 saturated heterocycles. The molecule has 4 nitrogen and oxygen atoms in total. The third-order valence-electron chi connectivity index (χ3n) is 3.42. The normalized spacial score (nSPS) is 10.9. The van der Waals surface area contributed by atoms with Gasteiger partial charge in [0.1, 0.15) is 18.0 Å². The van der Waals surface area contributed by atoms with E-state index >= 15 is 0 Å². The second-order valence-corrected chi connectivity index (χ2v) is 6.24. The fourth-order valence-electron chi connectivity index (χ4n) is 2.37. The highest BCUT2D eigenvalue weighted by molar-refractivity contribution is 7.09. The second kappa shape index (κ2) is 7.41. The van der Waals surface area contributed by atoms with Crippen LogP contribution in [0.15, 0.2) is 23.8 Å². The SMILES string of the molecule is CCNc1ncnc(N(Cc2cccs2)C(C)C)c1CC. The Labute approximate surface area is 131 Å². The van der Waals surface area contributed by atoms with Crippen LogP contribution in [0.3, 0.4) is 0 Å². The fraction of sp³-hybridized carbons (Fsp3) is 0.500. The third-order valence-corrected chi connectivity index (χ3v) is 4.28. The van der Waals surface area contributed by atoms with Crippen LogP contribution in [0.25, 0.3) is 0 Å². The first-order chi connectivity index (χ1) is 10.2. The van der Waals surface area contributed by atoms with Crippen LogP contribution in [-0.2, 0) is 13.0 Å². The summed E-state index contributed by atoms with van der Waals surface area (Å²) < 4.78 is 0. The molecule has 2 aromatic rings. The Balaban J connectivity index is 2.37. The van der Waals surface area contributed by atoms with Crippen LogP contribution < -0.4 is 10.2 Å². The summed E-state index contributed by atoms with van der Waals surface area (Å²) in [6.07, 6.45) is 2.59. The lowest BCUT2D eigenvalue weighted by Crippen LogP contribution is -2.32. The smallest absolute Gasteiger partial charge is 0.137 e. The minimum atomic E-state index is 0.391. The van der Waals surface area contributed by atoms with E-state index < -0.39 is 0 Å². The van der Waals surface area contributed by atoms with E-state index in [0.717, 1.165) is 31.1 Å². The first-order valence-corrected chi connectivity index (χ1v) is 8.42. The molecule has 0 aliphatic carbocycles. The number of hydrogen-bond acceptors (Lipinski definition) is 5. The number of anilines is 2. The lowest BCUT2D eigenvalue weighted by atomic mass is 10.1. The number of aromatic nitrogens is 2. The van der Waals surface area contributed by atoms with Gasteiger partial charge in [-0.3, -0.25) is 0 Å². The highest BCUT2D eigenvalue weighted by Crippen LogP contribution is 2.27. The molecule has 0 saturated carbocycles. The Bertz CT molecular complexity index is 551. The lowest BCUT2D eigenvalue weighted by molar-refractivity contribution is 0.671. The van der Waals surface area contributed by atoms with E-state index in [1.54, 1.807) is 17.7 Å². The molecule has 114 valence electrons. The molecule has 0 aliphatic rings. The summed E-state index contributed by atoms with van der Waals surface area (Å²) in [5.41, 5.74) is 1.20. The monoisotopic (exact) mass is 304 g/mol. The molecule has 0 amide bonds. The molecule has 0 radical (unpaired) electrons. The van der Waals surface area contributed by atoms with Crippen molar-refractivity contribution in [2.45, 2.75) is 46.7 Å². The zero-order valence-electron chi connectivity index (χ0n) is 13.3. The molecule has 0 atom stereocenters. The number of nitrogens with zero attached hydrogens (tertiary/aromatic N) is 3. The van der Waals surface area contributed by atoms with Crippen molar-refractivity contribution in [2.24, 2.45) is 0 Å². The van der Waals surface area contributed by atoms with E-state index in [0.29, 0.717) is 6.04 Å². The molecule has 0 fully saturated rings. The zero-order valence-corrected chi connectivity index (χ0v) is 14.1. The molecule has 0 unspecified atom stereocenters. The van der Waals surface area contributed by atoms with Gasteiger partial charge in [-0.2, -0.15) is 0 Å². The van der Waals surface area contributed by atoms with Gasteiger partial charge >= 0.3 is 0 Å². The average Bonchev–Trinajstić information content (AvgIpc) is 2.97. The standard InChI is InChI=1S/C16H24N4S/c1-5-14-15(17-6-2)18-11-19-16(14)20(12(3)4)10-13-8-7-9-21-13/h7-9,11-12H,5-6,10H2,1-4H3,(H,17,18,19). The second-order valence-electron chi connectivity index (χ2n) is 5.21. The van der Waals surface area contributed by atoms with Crippen LogP contribution >= 0.6 is 11.3 Å². The van der Waals surface area contributed by atoms with Gasteiger partial charge in [0.15, 0.2) is 0 Å². The summed E-state index contributed by atoms with van der Waals surface area (Å²) in [4.78, 5) is 12.7. The van der Waals surface area contributed by atoms with Crippen LogP contribution in [0, 0.1) is 0 Å². The van der Waals surface area contributed by atoms with Crippen molar-refractivity contribution in [1.82, 2.24) is 9.97 Å². The minimum absolute atomic E-state index is 0.391. The molecular formula is C16H24N4S. The van der Waals surface area contributed by atoms with E-state index in [-0.39, 0.29) is 0 Å². The summed E-state index contributed by atoms with van der Waals surface area (Å²) in [5, 5.41) is 5.47. The van der Waals surface area contributed by atoms with Crippen LogP contribution in [-0.4, -0.2) is 22.6 Å². The topological polar surface area (TPSA) is 41.1 Å². The Morgan fingerprint density at radius 2 is 2.10 bits per heavy atom. The van der Waals surface area contributed by atoms with Gasteiger partial charge in [0.2, 0.25) is 0 Å². The van der Waals surface area contributed by atoms with Crippen LogP contribution in [0.4, 0.5) is 11.6 Å². The maximum absolute atomic E-state index is 4.57. The number of rotatable bonds is 7. The molecule has 0 aliphatic heterocycles. The van der Waals surface area contributed by atoms with E-state index in [4.69, 9.17) is 0 Å². The van der Waals surface area contributed by atoms with E-state index in [1.165, 1.54) is 10.4 Å². The van der Waals surface area contributed by atoms with Gasteiger partial charge in [0.25, 0.3) is 0 Å². The Kier molecular flexibility index (Phi) is 5.56. The zero-order chi connectivity index (χ0) is 15.2. The molecule has 21 heavy (non-hydrogen) atoms. The largest absolute Gasteiger partial charge is 0.370 e. The first-order valence-electron chi connectivity index (χ1n) is 7.54.